The summed E-state index contributed by atoms with van der Waals surface area (Å²) in [7, 11) is -3.70. The average molecular weight is 411 g/mol. The quantitative estimate of drug-likeness (QED) is 0.819. The summed E-state index contributed by atoms with van der Waals surface area (Å²) < 4.78 is 36.5. The average Bonchev–Trinajstić information content (AvgIpc) is 2.61. The minimum absolute atomic E-state index is 0.319. The molecule has 1 amide bonds. The summed E-state index contributed by atoms with van der Waals surface area (Å²) in [5.74, 6) is 0.497. The molecule has 0 radical (unpaired) electrons. The zero-order valence-electron chi connectivity index (χ0n) is 14.9. The Balaban J connectivity index is 1.84. The molecule has 2 aromatic carbocycles. The summed E-state index contributed by atoms with van der Waals surface area (Å²) >= 11 is 5.96. The van der Waals surface area contributed by atoms with Gasteiger partial charge in [0.2, 0.25) is 15.9 Å². The van der Waals surface area contributed by atoms with Crippen molar-refractivity contribution in [3.05, 3.63) is 47.0 Å². The predicted octanol–water partition coefficient (Wildman–Crippen LogP) is 2.82. The van der Waals surface area contributed by atoms with Crippen molar-refractivity contribution in [3.8, 4) is 11.5 Å². The van der Waals surface area contributed by atoms with Crippen LogP contribution in [0.4, 0.5) is 11.4 Å². The van der Waals surface area contributed by atoms with Gasteiger partial charge in [0, 0.05) is 16.8 Å². The number of nitrogens with one attached hydrogen (secondary N) is 1. The summed E-state index contributed by atoms with van der Waals surface area (Å²) in [6, 6.07) is 9.85. The van der Waals surface area contributed by atoms with Crippen LogP contribution in [0.5, 0.6) is 11.5 Å². The Morgan fingerprint density at radius 3 is 2.56 bits per heavy atom. The van der Waals surface area contributed by atoms with Crippen LogP contribution in [0.2, 0.25) is 5.02 Å². The predicted molar refractivity (Wildman–Crippen MR) is 104 cm³/mol. The van der Waals surface area contributed by atoms with E-state index in [1.54, 1.807) is 36.4 Å². The maximum Gasteiger partial charge on any atom is 0.245 e. The second kappa shape index (κ2) is 7.66. The fourth-order valence-corrected chi connectivity index (χ4v) is 3.66. The highest BCUT2D eigenvalue weighted by Gasteiger charge is 2.23. The lowest BCUT2D eigenvalue weighted by atomic mass is 10.2. The normalized spacial score (nSPS) is 13.1. The molecular formula is C18H19ClN2O5S. The first-order valence-corrected chi connectivity index (χ1v) is 10.4. The minimum atomic E-state index is -3.70. The summed E-state index contributed by atoms with van der Waals surface area (Å²) in [6.07, 6.45) is 1.04. The highest BCUT2D eigenvalue weighted by Crippen LogP contribution is 2.34. The Morgan fingerprint density at radius 1 is 1.15 bits per heavy atom. The van der Waals surface area contributed by atoms with E-state index >= 15 is 0 Å². The van der Waals surface area contributed by atoms with Crippen molar-refractivity contribution in [3.63, 3.8) is 0 Å². The molecule has 1 aliphatic rings. The molecule has 3 rings (SSSR count). The monoisotopic (exact) mass is 410 g/mol. The number of hydrogen-bond donors (Lipinski definition) is 1. The van der Waals surface area contributed by atoms with E-state index in [1.807, 2.05) is 6.92 Å². The van der Waals surface area contributed by atoms with Crippen molar-refractivity contribution in [1.82, 2.24) is 0 Å². The van der Waals surface area contributed by atoms with Gasteiger partial charge in [0.15, 0.2) is 11.5 Å². The van der Waals surface area contributed by atoms with Gasteiger partial charge in [-0.1, -0.05) is 17.7 Å². The number of sulfonamides is 1. The maximum absolute atomic E-state index is 12.5. The van der Waals surface area contributed by atoms with Crippen LogP contribution in [0.1, 0.15) is 5.56 Å². The molecule has 9 heteroatoms. The number of benzene rings is 2. The SMILES string of the molecule is Cc1ccc(Cl)cc1NC(=O)CN(c1ccc2c(c1)OCCO2)S(C)(=O)=O. The van der Waals surface area contributed by atoms with Gasteiger partial charge in [-0.25, -0.2) is 8.42 Å². The van der Waals surface area contributed by atoms with Crippen LogP contribution in [-0.2, 0) is 14.8 Å². The van der Waals surface area contributed by atoms with Crippen LogP contribution in [-0.4, -0.2) is 40.3 Å². The molecule has 144 valence electrons. The Labute approximate surface area is 162 Å². The molecule has 0 saturated carbocycles. The van der Waals surface area contributed by atoms with Gasteiger partial charge in [-0.05, 0) is 36.8 Å². The van der Waals surface area contributed by atoms with Crippen LogP contribution in [0.15, 0.2) is 36.4 Å². The standard InChI is InChI=1S/C18H19ClN2O5S/c1-12-3-4-13(19)9-15(12)20-18(22)11-21(27(2,23)24)14-5-6-16-17(10-14)26-8-7-25-16/h3-6,9-10H,7-8,11H2,1-2H3,(H,20,22). The molecule has 0 aromatic heterocycles. The summed E-state index contributed by atoms with van der Waals surface area (Å²) in [6.45, 7) is 2.25. The van der Waals surface area contributed by atoms with E-state index in [0.717, 1.165) is 16.1 Å². The number of rotatable bonds is 5. The van der Waals surface area contributed by atoms with Crippen molar-refractivity contribution in [2.45, 2.75) is 6.92 Å². The third kappa shape index (κ3) is 4.64. The number of carbonyl (C=O) groups is 1. The molecule has 2 aromatic rings. The lowest BCUT2D eigenvalue weighted by Gasteiger charge is -2.25. The third-order valence-electron chi connectivity index (χ3n) is 3.97. The molecule has 1 heterocycles. The van der Waals surface area contributed by atoms with Gasteiger partial charge in [0.05, 0.1) is 11.9 Å². The number of fused-ring (bicyclic) bond motifs is 1. The van der Waals surface area contributed by atoms with Gasteiger partial charge in [0.25, 0.3) is 0 Å². The smallest absolute Gasteiger partial charge is 0.245 e. The van der Waals surface area contributed by atoms with Gasteiger partial charge >= 0.3 is 0 Å². The highest BCUT2D eigenvalue weighted by atomic mass is 35.5. The summed E-state index contributed by atoms with van der Waals surface area (Å²) in [4.78, 5) is 12.5. The first-order chi connectivity index (χ1) is 12.7. The fraction of sp³-hybridized carbons (Fsp3) is 0.278. The fourth-order valence-electron chi connectivity index (χ4n) is 2.64. The van der Waals surface area contributed by atoms with Crippen LogP contribution in [0.25, 0.3) is 0 Å². The van der Waals surface area contributed by atoms with Gasteiger partial charge < -0.3 is 14.8 Å². The van der Waals surface area contributed by atoms with Crippen LogP contribution >= 0.6 is 11.6 Å². The Hall–Kier alpha value is -2.45. The van der Waals surface area contributed by atoms with E-state index in [-0.39, 0.29) is 6.54 Å². The van der Waals surface area contributed by atoms with Crippen LogP contribution < -0.4 is 19.1 Å². The molecule has 0 atom stereocenters. The highest BCUT2D eigenvalue weighted by molar-refractivity contribution is 7.92. The third-order valence-corrected chi connectivity index (χ3v) is 5.35. The van der Waals surface area contributed by atoms with E-state index in [0.29, 0.717) is 41.1 Å². The summed E-state index contributed by atoms with van der Waals surface area (Å²) in [5.41, 5.74) is 1.67. The molecule has 0 saturated heterocycles. The minimum Gasteiger partial charge on any atom is -0.486 e. The number of nitrogens with zero attached hydrogens (tertiary/aromatic N) is 1. The number of halogens is 1. The van der Waals surface area contributed by atoms with E-state index in [2.05, 4.69) is 5.32 Å². The van der Waals surface area contributed by atoms with E-state index < -0.39 is 15.9 Å². The van der Waals surface area contributed by atoms with Crippen molar-refractivity contribution in [2.24, 2.45) is 0 Å². The molecule has 0 spiro atoms. The van der Waals surface area contributed by atoms with Crippen molar-refractivity contribution >= 4 is 38.9 Å². The first kappa shape index (κ1) is 19.3. The van der Waals surface area contributed by atoms with E-state index in [4.69, 9.17) is 21.1 Å². The lowest BCUT2D eigenvalue weighted by Crippen LogP contribution is -2.37. The molecule has 1 aliphatic heterocycles. The Bertz CT molecular complexity index is 978. The van der Waals surface area contributed by atoms with Gasteiger partial charge in [0.1, 0.15) is 19.8 Å². The molecule has 1 N–H and O–H groups in total. The van der Waals surface area contributed by atoms with Crippen molar-refractivity contribution in [2.75, 3.05) is 35.6 Å². The van der Waals surface area contributed by atoms with Gasteiger partial charge in [-0.3, -0.25) is 9.10 Å². The maximum atomic E-state index is 12.5. The molecule has 0 fully saturated rings. The summed E-state index contributed by atoms with van der Waals surface area (Å²) in [5, 5.41) is 3.17. The molecule has 0 aliphatic carbocycles. The lowest BCUT2D eigenvalue weighted by molar-refractivity contribution is -0.114. The van der Waals surface area contributed by atoms with Crippen molar-refractivity contribution < 1.29 is 22.7 Å². The Kier molecular flexibility index (Phi) is 5.48. The van der Waals surface area contributed by atoms with Crippen molar-refractivity contribution in [1.29, 1.82) is 0 Å². The van der Waals surface area contributed by atoms with E-state index in [1.165, 1.54) is 0 Å². The number of carbonyl (C=O) groups excluding carboxylic acids is 1. The second-order valence-electron chi connectivity index (χ2n) is 6.11. The number of hydrogen-bond acceptors (Lipinski definition) is 5. The van der Waals surface area contributed by atoms with Crippen LogP contribution in [0, 0.1) is 6.92 Å². The van der Waals surface area contributed by atoms with Gasteiger partial charge in [-0.15, -0.1) is 0 Å². The molecule has 0 bridgehead atoms. The zero-order valence-corrected chi connectivity index (χ0v) is 16.4. The topological polar surface area (TPSA) is 84.9 Å². The van der Waals surface area contributed by atoms with E-state index in [9.17, 15) is 13.2 Å². The number of amides is 1. The molecule has 7 nitrogen and oxygen atoms in total. The number of anilines is 2. The van der Waals surface area contributed by atoms with Gasteiger partial charge in [-0.2, -0.15) is 0 Å². The van der Waals surface area contributed by atoms with Crippen LogP contribution in [0.3, 0.4) is 0 Å². The number of ether oxygens (including phenoxy) is 2. The molecular weight excluding hydrogens is 392 g/mol. The molecule has 27 heavy (non-hydrogen) atoms. The number of aryl methyl sites for hydroxylation is 1. The second-order valence-corrected chi connectivity index (χ2v) is 8.45. The Morgan fingerprint density at radius 2 is 1.85 bits per heavy atom. The zero-order chi connectivity index (χ0) is 19.6. The largest absolute Gasteiger partial charge is 0.486 e. The first-order valence-electron chi connectivity index (χ1n) is 8.17. The molecule has 0 unspecified atom stereocenters.